The summed E-state index contributed by atoms with van der Waals surface area (Å²) in [6.45, 7) is 3.81. The molecule has 0 aliphatic carbocycles. The first-order chi connectivity index (χ1) is 12.7. The van der Waals surface area contributed by atoms with Gasteiger partial charge in [0.15, 0.2) is 11.8 Å². The summed E-state index contributed by atoms with van der Waals surface area (Å²) < 4.78 is 1.75. The highest BCUT2D eigenvalue weighted by molar-refractivity contribution is 7.09. The first kappa shape index (κ1) is 18.1. The number of aromatic nitrogens is 3. The summed E-state index contributed by atoms with van der Waals surface area (Å²) in [4.78, 5) is 10.1. The lowest BCUT2D eigenvalue weighted by atomic mass is 10.1. The highest BCUT2D eigenvalue weighted by atomic mass is 32.1. The van der Waals surface area contributed by atoms with E-state index in [1.54, 1.807) is 24.1 Å². The van der Waals surface area contributed by atoms with Crippen LogP contribution in [0, 0.1) is 5.92 Å². The van der Waals surface area contributed by atoms with Gasteiger partial charge in [-0.05, 0) is 47.5 Å². The third-order valence-electron chi connectivity index (χ3n) is 3.98. The summed E-state index contributed by atoms with van der Waals surface area (Å²) in [5.41, 5.74) is 1.13. The zero-order chi connectivity index (χ0) is 18.2. The van der Waals surface area contributed by atoms with Crippen molar-refractivity contribution in [2.75, 3.05) is 13.6 Å². The first-order valence-corrected chi connectivity index (χ1v) is 9.54. The quantitative estimate of drug-likeness (QED) is 0.497. The third-order valence-corrected chi connectivity index (χ3v) is 4.88. The van der Waals surface area contributed by atoms with Crippen LogP contribution in [-0.4, -0.2) is 34.3 Å². The van der Waals surface area contributed by atoms with Gasteiger partial charge in [-0.2, -0.15) is 5.10 Å². The number of hydrogen-bond acceptors (Lipinski definition) is 4. The van der Waals surface area contributed by atoms with Gasteiger partial charge >= 0.3 is 0 Å². The van der Waals surface area contributed by atoms with Gasteiger partial charge in [0.25, 0.3) is 0 Å². The van der Waals surface area contributed by atoms with Gasteiger partial charge in [-0.25, -0.2) is 9.67 Å². The van der Waals surface area contributed by atoms with Crippen molar-refractivity contribution in [1.82, 2.24) is 25.4 Å². The summed E-state index contributed by atoms with van der Waals surface area (Å²) in [7, 11) is 1.79. The van der Waals surface area contributed by atoms with Crippen molar-refractivity contribution in [3.05, 3.63) is 64.7 Å². The molecule has 0 fully saturated rings. The Morgan fingerprint density at radius 2 is 2.19 bits per heavy atom. The molecule has 0 aromatic carbocycles. The Morgan fingerprint density at radius 3 is 2.92 bits per heavy atom. The van der Waals surface area contributed by atoms with Gasteiger partial charge in [0.05, 0.1) is 0 Å². The number of nitrogens with one attached hydrogen (secondary N) is 2. The van der Waals surface area contributed by atoms with Crippen LogP contribution in [0.25, 0.3) is 5.82 Å². The van der Waals surface area contributed by atoms with Gasteiger partial charge in [0.1, 0.15) is 0 Å². The Balaban J connectivity index is 1.49. The van der Waals surface area contributed by atoms with Gasteiger partial charge in [-0.1, -0.05) is 13.0 Å². The predicted octanol–water partition coefficient (Wildman–Crippen LogP) is 2.87. The van der Waals surface area contributed by atoms with Gasteiger partial charge in [-0.3, -0.25) is 4.99 Å². The molecule has 7 heteroatoms. The number of aliphatic imine (C=N–C) groups is 1. The van der Waals surface area contributed by atoms with E-state index in [0.717, 1.165) is 30.3 Å². The van der Waals surface area contributed by atoms with E-state index in [1.165, 1.54) is 4.88 Å². The maximum absolute atomic E-state index is 4.35. The smallest absolute Gasteiger partial charge is 0.191 e. The molecule has 0 aliphatic rings. The van der Waals surface area contributed by atoms with E-state index >= 15 is 0 Å². The minimum Gasteiger partial charge on any atom is -0.356 e. The molecule has 136 valence electrons. The van der Waals surface area contributed by atoms with Crippen LogP contribution >= 0.6 is 11.3 Å². The molecule has 0 bridgehead atoms. The fourth-order valence-electron chi connectivity index (χ4n) is 2.62. The fourth-order valence-corrected chi connectivity index (χ4v) is 3.49. The molecular weight excluding hydrogens is 344 g/mol. The monoisotopic (exact) mass is 368 g/mol. The highest BCUT2D eigenvalue weighted by Crippen LogP contribution is 2.13. The molecule has 6 nitrogen and oxygen atoms in total. The maximum Gasteiger partial charge on any atom is 0.191 e. The SMILES string of the molecule is CN=C(NCc1ccnc(-n2cccn2)c1)NCC(C)Cc1cccs1. The summed E-state index contributed by atoms with van der Waals surface area (Å²) in [5.74, 6) is 2.15. The summed E-state index contributed by atoms with van der Waals surface area (Å²) >= 11 is 1.81. The van der Waals surface area contributed by atoms with Gasteiger partial charge in [-0.15, -0.1) is 11.3 Å². The standard InChI is InChI=1S/C19H24N6S/c1-15(11-17-5-3-10-26-17)13-22-19(20-2)23-14-16-6-8-21-18(12-16)25-9-4-7-24-25/h3-10,12,15H,11,13-14H2,1-2H3,(H2,20,22,23). The van der Waals surface area contributed by atoms with Crippen LogP contribution in [0.3, 0.4) is 0 Å². The van der Waals surface area contributed by atoms with Crippen molar-refractivity contribution < 1.29 is 0 Å². The second kappa shape index (κ2) is 9.15. The van der Waals surface area contributed by atoms with Crippen molar-refractivity contribution in [3.63, 3.8) is 0 Å². The molecule has 3 aromatic rings. The van der Waals surface area contributed by atoms with Crippen molar-refractivity contribution in [3.8, 4) is 5.82 Å². The van der Waals surface area contributed by atoms with E-state index < -0.39 is 0 Å². The van der Waals surface area contributed by atoms with Crippen LogP contribution < -0.4 is 10.6 Å². The molecule has 1 unspecified atom stereocenters. The lowest BCUT2D eigenvalue weighted by Gasteiger charge is -2.16. The summed E-state index contributed by atoms with van der Waals surface area (Å²) in [6.07, 6.45) is 6.51. The predicted molar refractivity (Wildman–Crippen MR) is 107 cm³/mol. The van der Waals surface area contributed by atoms with E-state index in [4.69, 9.17) is 0 Å². The minimum atomic E-state index is 0.541. The Morgan fingerprint density at radius 1 is 1.27 bits per heavy atom. The second-order valence-electron chi connectivity index (χ2n) is 6.17. The highest BCUT2D eigenvalue weighted by Gasteiger charge is 2.07. The van der Waals surface area contributed by atoms with E-state index in [-0.39, 0.29) is 0 Å². The van der Waals surface area contributed by atoms with E-state index in [2.05, 4.69) is 50.1 Å². The zero-order valence-corrected chi connectivity index (χ0v) is 15.9. The molecule has 0 amide bonds. The Kier molecular flexibility index (Phi) is 6.38. The number of nitrogens with zero attached hydrogens (tertiary/aromatic N) is 4. The van der Waals surface area contributed by atoms with Crippen LogP contribution in [-0.2, 0) is 13.0 Å². The number of pyridine rings is 1. The van der Waals surface area contributed by atoms with Crippen LogP contribution in [0.15, 0.2) is 59.3 Å². The Hall–Kier alpha value is -2.67. The molecule has 2 N–H and O–H groups in total. The van der Waals surface area contributed by atoms with E-state index in [1.807, 2.05) is 35.7 Å². The topological polar surface area (TPSA) is 67.1 Å². The fraction of sp³-hybridized carbons (Fsp3) is 0.316. The average molecular weight is 369 g/mol. The maximum atomic E-state index is 4.35. The molecule has 1 atom stereocenters. The molecule has 3 aromatic heterocycles. The molecule has 0 spiro atoms. The van der Waals surface area contributed by atoms with E-state index in [0.29, 0.717) is 12.5 Å². The van der Waals surface area contributed by atoms with Crippen LogP contribution in [0.1, 0.15) is 17.4 Å². The molecule has 0 saturated carbocycles. The summed E-state index contributed by atoms with van der Waals surface area (Å²) in [5, 5.41) is 13.1. The van der Waals surface area contributed by atoms with Crippen molar-refractivity contribution in [2.24, 2.45) is 10.9 Å². The summed E-state index contributed by atoms with van der Waals surface area (Å²) in [6, 6.07) is 10.2. The normalized spacial score (nSPS) is 12.8. The number of hydrogen-bond donors (Lipinski definition) is 2. The molecule has 0 aliphatic heterocycles. The van der Waals surface area contributed by atoms with Crippen molar-refractivity contribution in [1.29, 1.82) is 0 Å². The lowest BCUT2D eigenvalue weighted by molar-refractivity contribution is 0.562. The van der Waals surface area contributed by atoms with Crippen LogP contribution in [0.4, 0.5) is 0 Å². The first-order valence-electron chi connectivity index (χ1n) is 8.66. The number of thiophene rings is 1. The van der Waals surface area contributed by atoms with Crippen LogP contribution in [0.2, 0.25) is 0 Å². The lowest BCUT2D eigenvalue weighted by Crippen LogP contribution is -2.39. The van der Waals surface area contributed by atoms with Gasteiger partial charge in [0, 0.05) is 43.6 Å². The molecule has 0 radical (unpaired) electrons. The van der Waals surface area contributed by atoms with Gasteiger partial charge in [0.2, 0.25) is 0 Å². The molecule has 0 saturated heterocycles. The molecular formula is C19H24N6S. The van der Waals surface area contributed by atoms with E-state index in [9.17, 15) is 0 Å². The largest absolute Gasteiger partial charge is 0.356 e. The average Bonchev–Trinajstić information content (AvgIpc) is 3.36. The minimum absolute atomic E-state index is 0.541. The van der Waals surface area contributed by atoms with Crippen molar-refractivity contribution >= 4 is 17.3 Å². The number of rotatable bonds is 7. The van der Waals surface area contributed by atoms with Crippen molar-refractivity contribution in [2.45, 2.75) is 19.9 Å². The van der Waals surface area contributed by atoms with Gasteiger partial charge < -0.3 is 10.6 Å². The Bertz CT molecular complexity index is 810. The number of guanidine groups is 1. The second-order valence-corrected chi connectivity index (χ2v) is 7.20. The Labute approximate surface area is 158 Å². The van der Waals surface area contributed by atoms with Crippen LogP contribution in [0.5, 0.6) is 0 Å². The molecule has 26 heavy (non-hydrogen) atoms. The zero-order valence-electron chi connectivity index (χ0n) is 15.1. The molecule has 3 rings (SSSR count). The molecule has 3 heterocycles. The third kappa shape index (κ3) is 5.16.